The second-order valence-corrected chi connectivity index (χ2v) is 7.77. The van der Waals surface area contributed by atoms with E-state index in [0.29, 0.717) is 12.2 Å². The van der Waals surface area contributed by atoms with Crippen LogP contribution in [0.15, 0.2) is 66.9 Å². The van der Waals surface area contributed by atoms with Crippen LogP contribution in [0, 0.1) is 0 Å². The summed E-state index contributed by atoms with van der Waals surface area (Å²) in [6.07, 6.45) is 3.55. The second-order valence-electron chi connectivity index (χ2n) is 7.77. The molecule has 156 valence electrons. The Hall–Kier alpha value is -2.96. The minimum atomic E-state index is -0.423. The summed E-state index contributed by atoms with van der Waals surface area (Å²) in [4.78, 5) is 14.0. The molecule has 6 nitrogen and oxygen atoms in total. The molecule has 1 atom stereocenters. The summed E-state index contributed by atoms with van der Waals surface area (Å²) in [5.41, 5.74) is 9.17. The third-order valence-electron chi connectivity index (χ3n) is 5.74. The predicted molar refractivity (Wildman–Crippen MR) is 116 cm³/mol. The molecule has 1 aliphatic heterocycles. The van der Waals surface area contributed by atoms with Crippen LogP contribution in [-0.2, 0) is 4.74 Å². The molecular formula is C24H28N4O2. The monoisotopic (exact) mass is 404 g/mol. The van der Waals surface area contributed by atoms with Crippen LogP contribution in [0.4, 0.5) is 0 Å². The Kier molecular flexibility index (Phi) is 6.57. The molecule has 4 rings (SSSR count). The first-order valence-corrected chi connectivity index (χ1v) is 10.5. The molecule has 3 N–H and O–H groups in total. The van der Waals surface area contributed by atoms with Gasteiger partial charge in [0.15, 0.2) is 0 Å². The number of carbonyl (C=O) groups is 1. The van der Waals surface area contributed by atoms with E-state index in [0.717, 1.165) is 49.3 Å². The highest BCUT2D eigenvalue weighted by atomic mass is 16.5. The van der Waals surface area contributed by atoms with E-state index in [1.807, 2.05) is 36.4 Å². The third kappa shape index (κ3) is 4.78. The molecule has 0 bridgehead atoms. The number of ether oxygens (including phenoxy) is 1. The Labute approximate surface area is 177 Å². The van der Waals surface area contributed by atoms with Gasteiger partial charge < -0.3 is 15.4 Å². The molecular weight excluding hydrogens is 376 g/mol. The van der Waals surface area contributed by atoms with Gasteiger partial charge in [0.05, 0.1) is 24.1 Å². The SMILES string of the molecule is NC(=O)c1cn[nH]c1[C@@H]1CCCN(CCOC(c2ccccc2)c2ccccc2)C1. The summed E-state index contributed by atoms with van der Waals surface area (Å²) in [6.45, 7) is 3.37. The van der Waals surface area contributed by atoms with Gasteiger partial charge in [0.25, 0.3) is 5.91 Å². The molecule has 3 aromatic rings. The minimum absolute atomic E-state index is 0.0814. The number of hydrogen-bond acceptors (Lipinski definition) is 4. The molecule has 6 heteroatoms. The van der Waals surface area contributed by atoms with Crippen molar-refractivity contribution in [3.63, 3.8) is 0 Å². The van der Waals surface area contributed by atoms with Gasteiger partial charge in [-0.1, -0.05) is 60.7 Å². The Morgan fingerprint density at radius 2 is 1.80 bits per heavy atom. The molecule has 1 amide bonds. The van der Waals surface area contributed by atoms with Gasteiger partial charge in [-0.25, -0.2) is 0 Å². The molecule has 1 aliphatic rings. The lowest BCUT2D eigenvalue weighted by atomic mass is 9.92. The smallest absolute Gasteiger partial charge is 0.252 e. The van der Waals surface area contributed by atoms with Gasteiger partial charge in [-0.2, -0.15) is 5.10 Å². The van der Waals surface area contributed by atoms with Gasteiger partial charge in [0.1, 0.15) is 6.10 Å². The zero-order valence-electron chi connectivity index (χ0n) is 17.0. The summed E-state index contributed by atoms with van der Waals surface area (Å²) >= 11 is 0. The van der Waals surface area contributed by atoms with Crippen molar-refractivity contribution in [1.82, 2.24) is 15.1 Å². The van der Waals surface area contributed by atoms with E-state index in [2.05, 4.69) is 39.4 Å². The maximum absolute atomic E-state index is 11.7. The van der Waals surface area contributed by atoms with Crippen molar-refractivity contribution >= 4 is 5.91 Å². The highest BCUT2D eigenvalue weighted by Crippen LogP contribution is 2.29. The van der Waals surface area contributed by atoms with Crippen molar-refractivity contribution < 1.29 is 9.53 Å². The molecule has 30 heavy (non-hydrogen) atoms. The summed E-state index contributed by atoms with van der Waals surface area (Å²) < 4.78 is 6.37. The fourth-order valence-electron chi connectivity index (χ4n) is 4.24. The maximum atomic E-state index is 11.7. The number of nitrogens with one attached hydrogen (secondary N) is 1. The Bertz CT molecular complexity index is 903. The topological polar surface area (TPSA) is 84.2 Å². The number of primary amides is 1. The number of aromatic nitrogens is 2. The van der Waals surface area contributed by atoms with Crippen molar-refractivity contribution in [1.29, 1.82) is 0 Å². The van der Waals surface area contributed by atoms with Crippen LogP contribution in [0.3, 0.4) is 0 Å². The first-order valence-electron chi connectivity index (χ1n) is 10.5. The van der Waals surface area contributed by atoms with Gasteiger partial charge in [-0.15, -0.1) is 0 Å². The summed E-state index contributed by atoms with van der Waals surface area (Å²) in [5, 5.41) is 7.01. The average Bonchev–Trinajstić information content (AvgIpc) is 3.29. The van der Waals surface area contributed by atoms with Crippen molar-refractivity contribution in [2.75, 3.05) is 26.2 Å². The van der Waals surface area contributed by atoms with Crippen LogP contribution < -0.4 is 5.73 Å². The van der Waals surface area contributed by atoms with E-state index in [1.165, 1.54) is 6.20 Å². The number of piperidine rings is 1. The van der Waals surface area contributed by atoms with Crippen LogP contribution in [0.1, 0.15) is 52.0 Å². The fourth-order valence-corrected chi connectivity index (χ4v) is 4.24. The van der Waals surface area contributed by atoms with Crippen molar-refractivity contribution in [3.8, 4) is 0 Å². The number of nitrogens with zero attached hydrogens (tertiary/aromatic N) is 2. The van der Waals surface area contributed by atoms with Crippen LogP contribution in [0.5, 0.6) is 0 Å². The molecule has 0 aliphatic carbocycles. The highest BCUT2D eigenvalue weighted by Gasteiger charge is 2.26. The fraction of sp³-hybridized carbons (Fsp3) is 0.333. The molecule has 1 aromatic heterocycles. The Morgan fingerprint density at radius 3 is 2.43 bits per heavy atom. The molecule has 2 heterocycles. The molecule has 1 saturated heterocycles. The van der Waals surface area contributed by atoms with Crippen molar-refractivity contribution in [2.24, 2.45) is 5.73 Å². The highest BCUT2D eigenvalue weighted by molar-refractivity contribution is 5.93. The first-order chi connectivity index (χ1) is 14.7. The molecule has 0 radical (unpaired) electrons. The largest absolute Gasteiger partial charge is 0.367 e. The predicted octanol–water partition coefficient (Wildman–Crippen LogP) is 3.49. The Morgan fingerprint density at radius 1 is 1.13 bits per heavy atom. The van der Waals surface area contributed by atoms with E-state index in [9.17, 15) is 4.79 Å². The van der Waals surface area contributed by atoms with Crippen molar-refractivity contribution in [3.05, 3.63) is 89.2 Å². The number of H-pyrrole nitrogens is 1. The van der Waals surface area contributed by atoms with Crippen LogP contribution in [0.25, 0.3) is 0 Å². The quantitative estimate of drug-likeness (QED) is 0.602. The molecule has 2 aromatic carbocycles. The lowest BCUT2D eigenvalue weighted by molar-refractivity contribution is 0.0533. The number of aromatic amines is 1. The standard InChI is InChI=1S/C24H28N4O2/c25-24(29)21-16-26-27-22(21)20-12-7-13-28(17-20)14-15-30-23(18-8-3-1-4-9-18)19-10-5-2-6-11-19/h1-6,8-11,16,20,23H,7,12-15,17H2,(H2,25,29)(H,26,27)/t20-/m1/s1. The van der Waals surface area contributed by atoms with E-state index in [1.54, 1.807) is 0 Å². The molecule has 0 saturated carbocycles. The number of nitrogens with two attached hydrogens (primary N) is 1. The number of hydrogen-bond donors (Lipinski definition) is 2. The van der Waals surface area contributed by atoms with E-state index in [-0.39, 0.29) is 12.0 Å². The van der Waals surface area contributed by atoms with Gasteiger partial charge in [0, 0.05) is 19.0 Å². The lowest BCUT2D eigenvalue weighted by Gasteiger charge is -2.32. The normalized spacial score (nSPS) is 17.3. The molecule has 1 fully saturated rings. The van der Waals surface area contributed by atoms with Gasteiger partial charge in [0.2, 0.25) is 0 Å². The number of likely N-dealkylation sites (tertiary alicyclic amines) is 1. The van der Waals surface area contributed by atoms with Gasteiger partial charge in [-0.3, -0.25) is 9.89 Å². The summed E-state index contributed by atoms with van der Waals surface area (Å²) in [7, 11) is 0. The van der Waals surface area contributed by atoms with Gasteiger partial charge >= 0.3 is 0 Å². The average molecular weight is 405 g/mol. The third-order valence-corrected chi connectivity index (χ3v) is 5.74. The van der Waals surface area contributed by atoms with E-state index < -0.39 is 5.91 Å². The Balaban J connectivity index is 1.38. The number of rotatable bonds is 8. The van der Waals surface area contributed by atoms with Gasteiger partial charge in [-0.05, 0) is 30.5 Å². The number of benzene rings is 2. The first kappa shape index (κ1) is 20.3. The second kappa shape index (κ2) is 9.69. The van der Waals surface area contributed by atoms with Crippen LogP contribution in [-0.4, -0.2) is 47.2 Å². The summed E-state index contributed by atoms with van der Waals surface area (Å²) in [6, 6.07) is 20.7. The number of carbonyl (C=O) groups excluding carboxylic acids is 1. The zero-order chi connectivity index (χ0) is 20.8. The number of amides is 1. The summed E-state index contributed by atoms with van der Waals surface area (Å²) in [5.74, 6) is -0.185. The van der Waals surface area contributed by atoms with E-state index in [4.69, 9.17) is 10.5 Å². The lowest BCUT2D eigenvalue weighted by Crippen LogP contribution is -2.37. The zero-order valence-corrected chi connectivity index (χ0v) is 17.0. The molecule has 0 spiro atoms. The molecule has 0 unspecified atom stereocenters. The van der Waals surface area contributed by atoms with Crippen LogP contribution >= 0.6 is 0 Å². The maximum Gasteiger partial charge on any atom is 0.252 e. The van der Waals surface area contributed by atoms with Crippen molar-refractivity contribution in [2.45, 2.75) is 24.9 Å². The minimum Gasteiger partial charge on any atom is -0.367 e. The van der Waals surface area contributed by atoms with Crippen LogP contribution in [0.2, 0.25) is 0 Å². The van der Waals surface area contributed by atoms with E-state index >= 15 is 0 Å².